The first-order chi connectivity index (χ1) is 14.4. The third-order valence-corrected chi connectivity index (χ3v) is 11.6. The maximum atomic E-state index is 3.11. The molecule has 0 aromatic heterocycles. The van der Waals surface area contributed by atoms with Crippen molar-refractivity contribution in [3.05, 3.63) is 0 Å². The summed E-state index contributed by atoms with van der Waals surface area (Å²) in [5.41, 5.74) is 0. The Morgan fingerprint density at radius 3 is 1.00 bits per heavy atom. The van der Waals surface area contributed by atoms with Crippen molar-refractivity contribution >= 4 is 8.37 Å². The molecule has 0 unspecified atom stereocenters. The van der Waals surface area contributed by atoms with Crippen LogP contribution < -0.4 is 0 Å². The van der Waals surface area contributed by atoms with E-state index in [1.165, 1.54) is 136 Å². The van der Waals surface area contributed by atoms with E-state index in [1.54, 1.807) is 0 Å². The Labute approximate surface area is 181 Å². The van der Waals surface area contributed by atoms with Crippen LogP contribution in [0.15, 0.2) is 0 Å². The van der Waals surface area contributed by atoms with Gasteiger partial charge in [0.2, 0.25) is 0 Å². The number of fused-ring (bicyclic) bond motifs is 6. The van der Waals surface area contributed by atoms with Gasteiger partial charge in [0.05, 0.1) is 0 Å². The summed E-state index contributed by atoms with van der Waals surface area (Å²) >= 11 is 0. The smallest absolute Gasteiger partial charge is 0.121 e. The third-order valence-electron chi connectivity index (χ3n) is 8.61. The lowest BCUT2D eigenvalue weighted by atomic mass is 9.95. The summed E-state index contributed by atoms with van der Waals surface area (Å²) in [6, 6.07) is 2.60. The zero-order valence-corrected chi connectivity index (χ0v) is 19.7. The van der Waals surface area contributed by atoms with E-state index in [0.717, 1.165) is 18.1 Å². The average Bonchev–Trinajstić information content (AvgIpc) is 2.75. The largest absolute Gasteiger partial charge is 0.299 e. The first-order valence-electron chi connectivity index (χ1n) is 13.2. The van der Waals surface area contributed by atoms with Crippen molar-refractivity contribution in [3.63, 3.8) is 0 Å². The maximum Gasteiger partial charge on any atom is 0.121 e. The first-order valence-corrected chi connectivity index (χ1v) is 14.4. The van der Waals surface area contributed by atoms with Gasteiger partial charge in [0.1, 0.15) is 8.37 Å². The lowest BCUT2D eigenvalue weighted by Gasteiger charge is -2.57. The fourth-order valence-electron chi connectivity index (χ4n) is 6.90. The molecule has 2 bridgehead atoms. The summed E-state index contributed by atoms with van der Waals surface area (Å²) < 4.78 is 9.34. The van der Waals surface area contributed by atoms with Crippen LogP contribution in [0.5, 0.6) is 0 Å². The summed E-state index contributed by atoms with van der Waals surface area (Å²) in [5, 5.41) is 0. The Kier molecular flexibility index (Phi) is 7.48. The predicted molar refractivity (Wildman–Crippen MR) is 124 cm³/mol. The Morgan fingerprint density at radius 1 is 0.379 bits per heavy atom. The van der Waals surface area contributed by atoms with Gasteiger partial charge in [0, 0.05) is 57.4 Å². The van der Waals surface area contributed by atoms with Gasteiger partial charge in [-0.2, -0.15) is 0 Å². The second kappa shape index (κ2) is 10.3. The van der Waals surface area contributed by atoms with Gasteiger partial charge in [-0.15, -0.1) is 0 Å². The highest BCUT2D eigenvalue weighted by Gasteiger charge is 2.44. The van der Waals surface area contributed by atoms with Gasteiger partial charge in [-0.3, -0.25) is 18.9 Å². The van der Waals surface area contributed by atoms with Crippen molar-refractivity contribution in [1.82, 2.24) is 18.9 Å². The first kappa shape index (κ1) is 21.1. The minimum Gasteiger partial charge on any atom is -0.299 e. The van der Waals surface area contributed by atoms with Crippen LogP contribution in [-0.4, -0.2) is 76.3 Å². The number of nitrogens with zero attached hydrogens (tertiary/aromatic N) is 4. The summed E-state index contributed by atoms with van der Waals surface area (Å²) in [4.78, 5) is 2.83. The Balaban J connectivity index is 1.47. The molecule has 166 valence electrons. The molecule has 3 saturated heterocycles. The van der Waals surface area contributed by atoms with Crippen molar-refractivity contribution < 1.29 is 0 Å². The number of rotatable bonds is 3. The molecule has 3 saturated carbocycles. The van der Waals surface area contributed by atoms with Crippen molar-refractivity contribution in [2.45, 2.75) is 114 Å². The molecule has 0 N–H and O–H groups in total. The van der Waals surface area contributed by atoms with Gasteiger partial charge in [-0.25, -0.2) is 0 Å². The number of hydrogen-bond acceptors (Lipinski definition) is 4. The van der Waals surface area contributed by atoms with E-state index in [2.05, 4.69) is 18.9 Å². The van der Waals surface area contributed by atoms with E-state index in [1.807, 2.05) is 0 Å². The van der Waals surface area contributed by atoms with Gasteiger partial charge in [0.15, 0.2) is 0 Å². The van der Waals surface area contributed by atoms with Crippen LogP contribution >= 0.6 is 8.37 Å². The van der Waals surface area contributed by atoms with Crippen LogP contribution in [0.4, 0.5) is 0 Å². The van der Waals surface area contributed by atoms with E-state index in [9.17, 15) is 0 Å². The minimum absolute atomic E-state index is 0.263. The van der Waals surface area contributed by atoms with E-state index >= 15 is 0 Å². The highest BCUT2D eigenvalue weighted by Crippen LogP contribution is 2.56. The highest BCUT2D eigenvalue weighted by atomic mass is 31.2. The second-order valence-corrected chi connectivity index (χ2v) is 12.6. The molecule has 4 nitrogen and oxygen atoms in total. The molecule has 3 aliphatic carbocycles. The zero-order valence-electron chi connectivity index (χ0n) is 18.8. The molecule has 0 spiro atoms. The highest BCUT2D eigenvalue weighted by molar-refractivity contribution is 7.50. The van der Waals surface area contributed by atoms with Crippen LogP contribution in [0.3, 0.4) is 0 Å². The molecule has 3 heterocycles. The SMILES string of the molecule is C1CCC(N2CCN3CCN(C4CCCCC4)P2N(C2CCCCC2)CC3)CC1. The Hall–Kier alpha value is 0.270. The molecule has 0 atom stereocenters. The molecule has 0 amide bonds. The standard InChI is InChI=1S/C24H45N4P/c1-4-10-22(11-5-1)26-19-16-25-17-20-27(23-12-6-2-7-13-23)29(26)28(21-18-25)24-14-8-3-9-15-24/h22-24H,1-21H2. The van der Waals surface area contributed by atoms with Crippen LogP contribution in [0.2, 0.25) is 0 Å². The molecule has 0 aromatic rings. The Morgan fingerprint density at radius 2 is 0.690 bits per heavy atom. The molecule has 6 rings (SSSR count). The summed E-state index contributed by atoms with van der Waals surface area (Å²) in [5.74, 6) is 0. The lowest BCUT2D eigenvalue weighted by molar-refractivity contribution is 0.100. The van der Waals surface area contributed by atoms with Crippen molar-refractivity contribution in [2.75, 3.05) is 39.3 Å². The van der Waals surface area contributed by atoms with E-state index in [0.29, 0.717) is 0 Å². The van der Waals surface area contributed by atoms with Gasteiger partial charge in [0.25, 0.3) is 0 Å². The van der Waals surface area contributed by atoms with Crippen molar-refractivity contribution in [2.24, 2.45) is 0 Å². The molecule has 6 aliphatic rings. The average molecular weight is 421 g/mol. The van der Waals surface area contributed by atoms with Gasteiger partial charge < -0.3 is 0 Å². The second-order valence-electron chi connectivity index (χ2n) is 10.5. The molecule has 0 radical (unpaired) electrons. The van der Waals surface area contributed by atoms with Crippen LogP contribution in [0, 0.1) is 0 Å². The third kappa shape index (κ3) is 4.87. The van der Waals surface area contributed by atoms with Crippen LogP contribution in [-0.2, 0) is 0 Å². The van der Waals surface area contributed by atoms with E-state index in [-0.39, 0.29) is 8.37 Å². The molecular formula is C24H45N4P. The van der Waals surface area contributed by atoms with Gasteiger partial charge in [-0.05, 0) is 38.5 Å². The molecule has 0 aromatic carbocycles. The molecule has 6 fully saturated rings. The topological polar surface area (TPSA) is 13.0 Å². The quantitative estimate of drug-likeness (QED) is 0.563. The van der Waals surface area contributed by atoms with Crippen LogP contribution in [0.1, 0.15) is 96.3 Å². The molecule has 29 heavy (non-hydrogen) atoms. The normalized spacial score (nSPS) is 36.0. The molecule has 3 aliphatic heterocycles. The van der Waals surface area contributed by atoms with Crippen molar-refractivity contribution in [1.29, 1.82) is 0 Å². The number of hydrogen-bond donors (Lipinski definition) is 0. The minimum atomic E-state index is -0.263. The Bertz CT molecular complexity index is 428. The lowest BCUT2D eigenvalue weighted by Crippen LogP contribution is -2.58. The monoisotopic (exact) mass is 420 g/mol. The van der Waals surface area contributed by atoms with Gasteiger partial charge in [-0.1, -0.05) is 57.8 Å². The fraction of sp³-hybridized carbons (Fsp3) is 1.00. The van der Waals surface area contributed by atoms with Crippen molar-refractivity contribution in [3.8, 4) is 0 Å². The van der Waals surface area contributed by atoms with Crippen LogP contribution in [0.25, 0.3) is 0 Å². The van der Waals surface area contributed by atoms with Gasteiger partial charge >= 0.3 is 0 Å². The summed E-state index contributed by atoms with van der Waals surface area (Å²) in [6.07, 6.45) is 22.1. The molecule has 5 heteroatoms. The van der Waals surface area contributed by atoms with E-state index < -0.39 is 0 Å². The maximum absolute atomic E-state index is 3.11. The van der Waals surface area contributed by atoms with E-state index in [4.69, 9.17) is 0 Å². The fourth-order valence-corrected chi connectivity index (χ4v) is 10.2. The molecular weight excluding hydrogens is 375 g/mol. The summed E-state index contributed by atoms with van der Waals surface area (Å²) in [7, 11) is -0.263. The summed E-state index contributed by atoms with van der Waals surface area (Å²) in [6.45, 7) is 7.99. The predicted octanol–water partition coefficient (Wildman–Crippen LogP) is 5.45. The zero-order chi connectivity index (χ0) is 19.5.